The Balaban J connectivity index is 3.52. The van der Waals surface area contributed by atoms with Crippen LogP contribution in [-0.4, -0.2) is 28.5 Å². The van der Waals surface area contributed by atoms with Crippen LogP contribution in [0.3, 0.4) is 0 Å². The second-order valence-corrected chi connectivity index (χ2v) is 4.42. The molecule has 9 heteroatoms. The third kappa shape index (κ3) is 3.88. The largest absolute Gasteiger partial charge is 0.462 e. The van der Waals surface area contributed by atoms with Crippen molar-refractivity contribution in [2.24, 2.45) is 0 Å². The lowest BCUT2D eigenvalue weighted by Gasteiger charge is -2.11. The van der Waals surface area contributed by atoms with E-state index >= 15 is 0 Å². The fourth-order valence-corrected chi connectivity index (χ4v) is 1.67. The predicted octanol–water partition coefficient (Wildman–Crippen LogP) is 2.50. The van der Waals surface area contributed by atoms with E-state index in [2.05, 4.69) is 5.32 Å². The van der Waals surface area contributed by atoms with Crippen LogP contribution in [0.1, 0.15) is 31.1 Å². The molecule has 0 bridgehead atoms. The van der Waals surface area contributed by atoms with Crippen molar-refractivity contribution in [1.29, 1.82) is 0 Å². The maximum atomic E-state index is 11.6. The number of nitro groups is 2. The highest BCUT2D eigenvalue weighted by molar-refractivity contribution is 5.93. The lowest BCUT2D eigenvalue weighted by molar-refractivity contribution is -0.392. The summed E-state index contributed by atoms with van der Waals surface area (Å²) >= 11 is 0. The van der Waals surface area contributed by atoms with Gasteiger partial charge in [0.25, 0.3) is 11.4 Å². The van der Waals surface area contributed by atoms with Gasteiger partial charge in [0.2, 0.25) is 0 Å². The lowest BCUT2D eigenvalue weighted by Crippen LogP contribution is -2.14. The molecular formula is C12H15N3O6. The number of carbonyl (C=O) groups excluding carboxylic acids is 1. The van der Waals surface area contributed by atoms with Crippen molar-refractivity contribution in [1.82, 2.24) is 0 Å². The van der Waals surface area contributed by atoms with Gasteiger partial charge in [-0.1, -0.05) is 0 Å². The molecule has 0 aliphatic carbocycles. The molecule has 0 aromatic heterocycles. The first-order valence-corrected chi connectivity index (χ1v) is 6.18. The van der Waals surface area contributed by atoms with Crippen LogP contribution in [0.5, 0.6) is 0 Å². The van der Waals surface area contributed by atoms with E-state index < -0.39 is 27.2 Å². The van der Waals surface area contributed by atoms with Crippen LogP contribution in [0.25, 0.3) is 0 Å². The molecule has 0 saturated carbocycles. The summed E-state index contributed by atoms with van der Waals surface area (Å²) < 4.78 is 4.71. The van der Waals surface area contributed by atoms with E-state index in [-0.39, 0.29) is 23.9 Å². The van der Waals surface area contributed by atoms with Crippen molar-refractivity contribution in [2.45, 2.75) is 26.8 Å². The minimum atomic E-state index is -0.847. The molecule has 0 heterocycles. The van der Waals surface area contributed by atoms with Gasteiger partial charge in [0.1, 0.15) is 0 Å². The molecule has 1 aromatic rings. The number of ether oxygens (including phenoxy) is 1. The number of hydrogen-bond acceptors (Lipinski definition) is 7. The van der Waals surface area contributed by atoms with E-state index in [1.165, 1.54) is 0 Å². The van der Waals surface area contributed by atoms with Crippen LogP contribution in [0, 0.1) is 20.2 Å². The van der Waals surface area contributed by atoms with Crippen molar-refractivity contribution in [3.63, 3.8) is 0 Å². The van der Waals surface area contributed by atoms with Crippen LogP contribution < -0.4 is 5.32 Å². The maximum Gasteiger partial charge on any atom is 0.338 e. The Labute approximate surface area is 120 Å². The van der Waals surface area contributed by atoms with E-state index in [0.717, 1.165) is 12.1 Å². The molecule has 0 spiro atoms. The molecule has 0 unspecified atom stereocenters. The predicted molar refractivity (Wildman–Crippen MR) is 74.5 cm³/mol. The van der Waals surface area contributed by atoms with Crippen LogP contribution in [0.15, 0.2) is 12.1 Å². The Kier molecular flexibility index (Phi) is 5.17. The number of benzene rings is 1. The minimum Gasteiger partial charge on any atom is -0.462 e. The van der Waals surface area contributed by atoms with Crippen molar-refractivity contribution in [2.75, 3.05) is 11.9 Å². The number of nitrogens with zero attached hydrogens (tertiary/aromatic N) is 2. The monoisotopic (exact) mass is 297 g/mol. The molecule has 0 atom stereocenters. The van der Waals surface area contributed by atoms with Gasteiger partial charge in [0.05, 0.1) is 22.0 Å². The van der Waals surface area contributed by atoms with E-state index in [9.17, 15) is 25.0 Å². The van der Waals surface area contributed by atoms with Crippen LogP contribution in [0.4, 0.5) is 17.1 Å². The Morgan fingerprint density at radius 1 is 1.24 bits per heavy atom. The molecule has 9 nitrogen and oxygen atoms in total. The van der Waals surface area contributed by atoms with Crippen LogP contribution in [0.2, 0.25) is 0 Å². The van der Waals surface area contributed by atoms with Gasteiger partial charge < -0.3 is 10.1 Å². The summed E-state index contributed by atoms with van der Waals surface area (Å²) in [5.41, 5.74) is -1.54. The second-order valence-electron chi connectivity index (χ2n) is 4.42. The highest BCUT2D eigenvalue weighted by Crippen LogP contribution is 2.36. The SMILES string of the molecule is CCOC(=O)c1cc([N+](=O)[O-])c(NC(C)C)c([N+](=O)[O-])c1. The Morgan fingerprint density at radius 2 is 1.71 bits per heavy atom. The number of rotatable bonds is 6. The van der Waals surface area contributed by atoms with Gasteiger partial charge >= 0.3 is 5.97 Å². The lowest BCUT2D eigenvalue weighted by atomic mass is 10.1. The van der Waals surface area contributed by atoms with Gasteiger partial charge in [0.15, 0.2) is 5.69 Å². The van der Waals surface area contributed by atoms with Crippen LogP contribution >= 0.6 is 0 Å². The first kappa shape index (κ1) is 16.3. The van der Waals surface area contributed by atoms with Gasteiger partial charge in [-0.2, -0.15) is 0 Å². The molecule has 1 rings (SSSR count). The van der Waals surface area contributed by atoms with Crippen molar-refractivity contribution in [3.8, 4) is 0 Å². The molecule has 1 N–H and O–H groups in total. The summed E-state index contributed by atoms with van der Waals surface area (Å²) in [7, 11) is 0. The summed E-state index contributed by atoms with van der Waals surface area (Å²) in [6.45, 7) is 5.00. The number of nitro benzene ring substituents is 2. The fraction of sp³-hybridized carbons (Fsp3) is 0.417. The first-order valence-electron chi connectivity index (χ1n) is 6.18. The number of hydrogen-bond donors (Lipinski definition) is 1. The Hall–Kier alpha value is -2.71. The third-order valence-electron chi connectivity index (χ3n) is 2.43. The summed E-state index contributed by atoms with van der Waals surface area (Å²) in [5, 5.41) is 24.9. The van der Waals surface area contributed by atoms with Gasteiger partial charge in [-0.15, -0.1) is 0 Å². The van der Waals surface area contributed by atoms with Gasteiger partial charge in [0, 0.05) is 18.2 Å². The maximum absolute atomic E-state index is 11.6. The summed E-state index contributed by atoms with van der Waals surface area (Å²) in [6.07, 6.45) is 0. The van der Waals surface area contributed by atoms with Gasteiger partial charge in [-0.05, 0) is 20.8 Å². The number of anilines is 1. The zero-order valence-electron chi connectivity index (χ0n) is 11.8. The summed E-state index contributed by atoms with van der Waals surface area (Å²) in [4.78, 5) is 32.3. The van der Waals surface area contributed by atoms with E-state index in [4.69, 9.17) is 4.74 Å². The first-order chi connectivity index (χ1) is 9.77. The smallest absolute Gasteiger partial charge is 0.338 e. The van der Waals surface area contributed by atoms with Gasteiger partial charge in [-0.25, -0.2) is 4.79 Å². The molecule has 0 fully saturated rings. The van der Waals surface area contributed by atoms with Crippen molar-refractivity contribution >= 4 is 23.0 Å². The average molecular weight is 297 g/mol. The molecule has 0 amide bonds. The fourth-order valence-electron chi connectivity index (χ4n) is 1.67. The zero-order chi connectivity index (χ0) is 16.2. The highest BCUT2D eigenvalue weighted by Gasteiger charge is 2.29. The molecule has 1 aromatic carbocycles. The second kappa shape index (κ2) is 6.64. The topological polar surface area (TPSA) is 125 Å². The molecule has 0 aliphatic rings. The molecule has 21 heavy (non-hydrogen) atoms. The third-order valence-corrected chi connectivity index (χ3v) is 2.43. The molecular weight excluding hydrogens is 282 g/mol. The molecule has 0 radical (unpaired) electrons. The molecule has 0 saturated heterocycles. The average Bonchev–Trinajstić information content (AvgIpc) is 2.37. The number of nitrogens with one attached hydrogen (secondary N) is 1. The van der Waals surface area contributed by atoms with Crippen molar-refractivity contribution < 1.29 is 19.4 Å². The van der Waals surface area contributed by atoms with Crippen molar-refractivity contribution in [3.05, 3.63) is 37.9 Å². The van der Waals surface area contributed by atoms with E-state index in [1.807, 2.05) is 0 Å². The summed E-state index contributed by atoms with van der Waals surface area (Å²) in [6, 6.07) is 1.68. The van der Waals surface area contributed by atoms with Crippen LogP contribution in [-0.2, 0) is 4.74 Å². The Bertz CT molecular complexity index is 549. The molecule has 114 valence electrons. The summed E-state index contributed by atoms with van der Waals surface area (Å²) in [5.74, 6) is -0.847. The quantitative estimate of drug-likeness (QED) is 0.485. The van der Waals surface area contributed by atoms with E-state index in [0.29, 0.717) is 0 Å². The Morgan fingerprint density at radius 3 is 2.05 bits per heavy atom. The normalized spacial score (nSPS) is 10.3. The molecule has 0 aliphatic heterocycles. The minimum absolute atomic E-state index is 0.0619. The number of esters is 1. The number of carbonyl (C=O) groups is 1. The van der Waals surface area contributed by atoms with Gasteiger partial charge in [-0.3, -0.25) is 20.2 Å². The zero-order valence-corrected chi connectivity index (χ0v) is 11.8. The highest BCUT2D eigenvalue weighted by atomic mass is 16.6. The van der Waals surface area contributed by atoms with E-state index in [1.54, 1.807) is 20.8 Å². The standard InChI is InChI=1S/C12H15N3O6/c1-4-21-12(16)8-5-9(14(17)18)11(13-7(2)3)10(6-8)15(19)20/h5-7,13H,4H2,1-3H3.